The standard InChI is InChI=1S/C13H21N3/c1-9(14)13-7-12(11-5-6-11)15-16(13)8-10-3-2-4-10/h7,9-11H,2-6,8,14H2,1H3/t9-/m0/s1. The maximum absolute atomic E-state index is 6.02. The Morgan fingerprint density at radius 3 is 2.69 bits per heavy atom. The predicted molar refractivity (Wildman–Crippen MR) is 64.1 cm³/mol. The lowest BCUT2D eigenvalue weighted by Gasteiger charge is -2.26. The molecule has 3 nitrogen and oxygen atoms in total. The molecule has 88 valence electrons. The van der Waals surface area contributed by atoms with Crippen LogP contribution >= 0.6 is 0 Å². The van der Waals surface area contributed by atoms with Gasteiger partial charge in [0.1, 0.15) is 0 Å². The summed E-state index contributed by atoms with van der Waals surface area (Å²) in [6.07, 6.45) is 6.78. The van der Waals surface area contributed by atoms with E-state index in [0.29, 0.717) is 0 Å². The molecular weight excluding hydrogens is 198 g/mol. The first-order chi connectivity index (χ1) is 7.74. The number of nitrogens with zero attached hydrogens (tertiary/aromatic N) is 2. The zero-order chi connectivity index (χ0) is 11.1. The molecule has 0 spiro atoms. The van der Waals surface area contributed by atoms with Crippen molar-refractivity contribution in [3.8, 4) is 0 Å². The van der Waals surface area contributed by atoms with Crippen LogP contribution in [-0.4, -0.2) is 9.78 Å². The minimum atomic E-state index is 0.111. The number of rotatable bonds is 4. The predicted octanol–water partition coefficient (Wildman–Crippen LogP) is 2.58. The largest absolute Gasteiger partial charge is 0.323 e. The van der Waals surface area contributed by atoms with Gasteiger partial charge in [0.2, 0.25) is 0 Å². The Hall–Kier alpha value is -0.830. The quantitative estimate of drug-likeness (QED) is 0.845. The first-order valence-corrected chi connectivity index (χ1v) is 6.57. The summed E-state index contributed by atoms with van der Waals surface area (Å²) in [6, 6.07) is 2.35. The molecule has 0 amide bonds. The van der Waals surface area contributed by atoms with Crippen LogP contribution in [-0.2, 0) is 6.54 Å². The highest BCUT2D eigenvalue weighted by atomic mass is 15.3. The minimum Gasteiger partial charge on any atom is -0.323 e. The Morgan fingerprint density at radius 1 is 1.44 bits per heavy atom. The zero-order valence-corrected chi connectivity index (χ0v) is 10.0. The summed E-state index contributed by atoms with van der Waals surface area (Å²) < 4.78 is 2.18. The van der Waals surface area contributed by atoms with Crippen molar-refractivity contribution in [2.24, 2.45) is 11.7 Å². The number of aromatic nitrogens is 2. The van der Waals surface area contributed by atoms with E-state index in [4.69, 9.17) is 10.8 Å². The van der Waals surface area contributed by atoms with Crippen molar-refractivity contribution in [1.82, 2.24) is 9.78 Å². The van der Waals surface area contributed by atoms with Crippen LogP contribution < -0.4 is 5.73 Å². The van der Waals surface area contributed by atoms with Gasteiger partial charge in [-0.15, -0.1) is 0 Å². The lowest BCUT2D eigenvalue weighted by molar-refractivity contribution is 0.261. The SMILES string of the molecule is C[C@H](N)c1cc(C2CC2)nn1CC1CCC1. The molecule has 1 aromatic heterocycles. The lowest BCUT2D eigenvalue weighted by Crippen LogP contribution is -2.22. The Labute approximate surface area is 97.0 Å². The summed E-state index contributed by atoms with van der Waals surface area (Å²) in [5, 5.41) is 4.75. The third-order valence-corrected chi connectivity index (χ3v) is 3.95. The van der Waals surface area contributed by atoms with Crippen molar-refractivity contribution < 1.29 is 0 Å². The van der Waals surface area contributed by atoms with Crippen molar-refractivity contribution >= 4 is 0 Å². The van der Waals surface area contributed by atoms with E-state index in [0.717, 1.165) is 18.4 Å². The van der Waals surface area contributed by atoms with Crippen LogP contribution in [0.15, 0.2) is 6.07 Å². The third-order valence-electron chi connectivity index (χ3n) is 3.95. The highest BCUT2D eigenvalue weighted by molar-refractivity contribution is 5.20. The van der Waals surface area contributed by atoms with Crippen LogP contribution in [0.1, 0.15) is 62.4 Å². The molecule has 2 aliphatic carbocycles. The smallest absolute Gasteiger partial charge is 0.0659 e. The first-order valence-electron chi connectivity index (χ1n) is 6.57. The second-order valence-electron chi connectivity index (χ2n) is 5.54. The monoisotopic (exact) mass is 219 g/mol. The van der Waals surface area contributed by atoms with Crippen LogP contribution in [0.5, 0.6) is 0 Å². The Bertz CT molecular complexity index is 373. The molecule has 2 fully saturated rings. The van der Waals surface area contributed by atoms with Gasteiger partial charge in [0.25, 0.3) is 0 Å². The lowest BCUT2D eigenvalue weighted by atomic mass is 9.85. The molecule has 2 N–H and O–H groups in total. The van der Waals surface area contributed by atoms with Gasteiger partial charge < -0.3 is 5.73 Å². The number of hydrogen-bond acceptors (Lipinski definition) is 2. The van der Waals surface area contributed by atoms with Gasteiger partial charge in [-0.05, 0) is 44.6 Å². The minimum absolute atomic E-state index is 0.111. The van der Waals surface area contributed by atoms with Gasteiger partial charge in [-0.25, -0.2) is 0 Å². The fourth-order valence-corrected chi connectivity index (χ4v) is 2.46. The van der Waals surface area contributed by atoms with E-state index in [1.807, 2.05) is 0 Å². The molecule has 0 aliphatic heterocycles. The molecule has 0 radical (unpaired) electrons. The van der Waals surface area contributed by atoms with Gasteiger partial charge in [0.05, 0.1) is 11.4 Å². The summed E-state index contributed by atoms with van der Waals surface area (Å²) in [6.45, 7) is 3.15. The molecule has 2 saturated carbocycles. The normalized spacial score (nSPS) is 23.1. The van der Waals surface area contributed by atoms with Crippen molar-refractivity contribution in [2.45, 2.75) is 57.5 Å². The molecule has 16 heavy (non-hydrogen) atoms. The molecule has 0 saturated heterocycles. The summed E-state index contributed by atoms with van der Waals surface area (Å²) in [7, 11) is 0. The van der Waals surface area contributed by atoms with E-state index < -0.39 is 0 Å². The molecule has 0 bridgehead atoms. The van der Waals surface area contributed by atoms with Crippen molar-refractivity contribution in [2.75, 3.05) is 0 Å². The molecule has 1 heterocycles. The highest BCUT2D eigenvalue weighted by Crippen LogP contribution is 2.40. The fraction of sp³-hybridized carbons (Fsp3) is 0.769. The van der Waals surface area contributed by atoms with E-state index >= 15 is 0 Å². The summed E-state index contributed by atoms with van der Waals surface area (Å²) in [4.78, 5) is 0. The molecule has 0 aromatic carbocycles. The van der Waals surface area contributed by atoms with Crippen LogP contribution in [0.4, 0.5) is 0 Å². The zero-order valence-electron chi connectivity index (χ0n) is 10.0. The molecular formula is C13H21N3. The number of hydrogen-bond donors (Lipinski definition) is 1. The fourth-order valence-electron chi connectivity index (χ4n) is 2.46. The third kappa shape index (κ3) is 1.88. The molecule has 1 atom stereocenters. The van der Waals surface area contributed by atoms with E-state index in [1.165, 1.54) is 43.5 Å². The Kier molecular flexibility index (Phi) is 2.51. The van der Waals surface area contributed by atoms with E-state index in [2.05, 4.69) is 17.7 Å². The Morgan fingerprint density at radius 2 is 2.19 bits per heavy atom. The average Bonchev–Trinajstić information content (AvgIpc) is 2.93. The average molecular weight is 219 g/mol. The second-order valence-corrected chi connectivity index (χ2v) is 5.54. The summed E-state index contributed by atoms with van der Waals surface area (Å²) in [5.74, 6) is 1.59. The summed E-state index contributed by atoms with van der Waals surface area (Å²) >= 11 is 0. The van der Waals surface area contributed by atoms with Gasteiger partial charge in [-0.3, -0.25) is 4.68 Å². The summed E-state index contributed by atoms with van der Waals surface area (Å²) in [5.41, 5.74) is 8.54. The van der Waals surface area contributed by atoms with E-state index in [-0.39, 0.29) is 6.04 Å². The van der Waals surface area contributed by atoms with Gasteiger partial charge in [0, 0.05) is 18.5 Å². The maximum atomic E-state index is 6.02. The van der Waals surface area contributed by atoms with Gasteiger partial charge in [0.15, 0.2) is 0 Å². The number of nitrogens with two attached hydrogens (primary N) is 1. The Balaban J connectivity index is 1.81. The molecule has 0 unspecified atom stereocenters. The second kappa shape index (κ2) is 3.88. The van der Waals surface area contributed by atoms with Gasteiger partial charge in [-0.1, -0.05) is 6.42 Å². The van der Waals surface area contributed by atoms with Crippen LogP contribution in [0.25, 0.3) is 0 Å². The molecule has 3 heteroatoms. The van der Waals surface area contributed by atoms with Gasteiger partial charge in [-0.2, -0.15) is 5.10 Å². The van der Waals surface area contributed by atoms with Crippen LogP contribution in [0, 0.1) is 5.92 Å². The first kappa shape index (κ1) is 10.3. The van der Waals surface area contributed by atoms with Crippen LogP contribution in [0.3, 0.4) is 0 Å². The van der Waals surface area contributed by atoms with Crippen molar-refractivity contribution in [3.63, 3.8) is 0 Å². The topological polar surface area (TPSA) is 43.8 Å². The maximum Gasteiger partial charge on any atom is 0.0659 e. The molecule has 2 aliphatic rings. The van der Waals surface area contributed by atoms with Gasteiger partial charge >= 0.3 is 0 Å². The molecule has 1 aromatic rings. The van der Waals surface area contributed by atoms with Crippen molar-refractivity contribution in [1.29, 1.82) is 0 Å². The van der Waals surface area contributed by atoms with E-state index in [1.54, 1.807) is 0 Å². The van der Waals surface area contributed by atoms with E-state index in [9.17, 15) is 0 Å². The van der Waals surface area contributed by atoms with Crippen molar-refractivity contribution in [3.05, 3.63) is 17.5 Å². The highest BCUT2D eigenvalue weighted by Gasteiger charge is 2.28. The van der Waals surface area contributed by atoms with Crippen LogP contribution in [0.2, 0.25) is 0 Å². The molecule has 3 rings (SSSR count).